The minimum Gasteiger partial charge on any atom is -0.483 e. The van der Waals surface area contributed by atoms with Crippen LogP contribution in [-0.4, -0.2) is 32.4 Å². The van der Waals surface area contributed by atoms with E-state index in [9.17, 15) is 23.3 Å². The summed E-state index contributed by atoms with van der Waals surface area (Å²) >= 11 is 0. The molecule has 1 heterocycles. The van der Waals surface area contributed by atoms with Crippen molar-refractivity contribution >= 4 is 33.0 Å². The fraction of sp³-hybridized carbons (Fsp3) is 0.240. The number of para-hydroxylation sites is 1. The minimum atomic E-state index is -3.76. The minimum absolute atomic E-state index is 0.0901. The van der Waals surface area contributed by atoms with Crippen molar-refractivity contribution < 1.29 is 22.9 Å². The Bertz CT molecular complexity index is 1400. The van der Waals surface area contributed by atoms with Gasteiger partial charge in [0.15, 0.2) is 6.61 Å². The van der Waals surface area contributed by atoms with Crippen LogP contribution in [0.5, 0.6) is 5.75 Å². The van der Waals surface area contributed by atoms with Crippen molar-refractivity contribution in [3.05, 3.63) is 87.5 Å². The van der Waals surface area contributed by atoms with Gasteiger partial charge in [-0.2, -0.15) is 0 Å². The van der Waals surface area contributed by atoms with Gasteiger partial charge in [-0.3, -0.25) is 19.2 Å². The fourth-order valence-electron chi connectivity index (χ4n) is 4.11. The molecule has 0 radical (unpaired) electrons. The summed E-state index contributed by atoms with van der Waals surface area (Å²) < 4.78 is 33.8. The van der Waals surface area contributed by atoms with Crippen molar-refractivity contribution in [3.63, 3.8) is 0 Å². The molecule has 0 spiro atoms. The second-order valence-corrected chi connectivity index (χ2v) is 10.1. The molecule has 0 unspecified atom stereocenters. The van der Waals surface area contributed by atoms with Gasteiger partial charge in [0.05, 0.1) is 26.8 Å². The van der Waals surface area contributed by atoms with Crippen molar-refractivity contribution in [2.24, 2.45) is 0 Å². The lowest BCUT2D eigenvalue weighted by molar-refractivity contribution is -0.385. The molecule has 3 aromatic rings. The summed E-state index contributed by atoms with van der Waals surface area (Å²) in [4.78, 5) is 23.1. The monoisotopic (exact) mass is 495 g/mol. The van der Waals surface area contributed by atoms with Gasteiger partial charge < -0.3 is 10.1 Å². The van der Waals surface area contributed by atoms with E-state index < -0.39 is 20.9 Å². The second-order valence-electron chi connectivity index (χ2n) is 8.28. The number of nitro benzene ring substituents is 1. The normalized spacial score (nSPS) is 13.1. The molecule has 4 rings (SSSR count). The Hall–Kier alpha value is -3.92. The average molecular weight is 496 g/mol. The van der Waals surface area contributed by atoms with Crippen LogP contribution in [0.1, 0.15) is 23.1 Å². The number of anilines is 2. The van der Waals surface area contributed by atoms with Crippen LogP contribution < -0.4 is 14.4 Å². The van der Waals surface area contributed by atoms with Crippen LogP contribution in [0.25, 0.3) is 0 Å². The zero-order chi connectivity index (χ0) is 25.2. The summed E-state index contributed by atoms with van der Waals surface area (Å²) in [7, 11) is -3.76. The zero-order valence-corrected chi connectivity index (χ0v) is 20.2. The number of benzene rings is 3. The van der Waals surface area contributed by atoms with Crippen LogP contribution >= 0.6 is 0 Å². The molecule has 0 saturated heterocycles. The summed E-state index contributed by atoms with van der Waals surface area (Å²) in [6.45, 7) is 3.34. The maximum Gasteiger partial charge on any atom is 0.274 e. The highest BCUT2D eigenvalue weighted by Gasteiger charge is 2.29. The summed E-state index contributed by atoms with van der Waals surface area (Å²) in [5.74, 6) is -0.122. The lowest BCUT2D eigenvalue weighted by Gasteiger charge is -2.30. The first-order chi connectivity index (χ1) is 16.7. The summed E-state index contributed by atoms with van der Waals surface area (Å²) in [5, 5.41) is 13.7. The topological polar surface area (TPSA) is 119 Å². The highest BCUT2D eigenvalue weighted by molar-refractivity contribution is 7.92. The molecule has 0 saturated carbocycles. The third-order valence-corrected chi connectivity index (χ3v) is 7.75. The van der Waals surface area contributed by atoms with Gasteiger partial charge in [0.2, 0.25) is 0 Å². The molecule has 0 atom stereocenters. The van der Waals surface area contributed by atoms with Crippen LogP contribution in [0.15, 0.2) is 65.6 Å². The number of aryl methyl sites for hydroxylation is 2. The van der Waals surface area contributed by atoms with Crippen molar-refractivity contribution in [2.75, 3.05) is 22.8 Å². The molecule has 182 valence electrons. The number of rotatable bonds is 7. The number of nitrogens with one attached hydrogen (secondary N) is 1. The summed E-state index contributed by atoms with van der Waals surface area (Å²) in [6, 6.07) is 16.5. The zero-order valence-electron chi connectivity index (χ0n) is 19.4. The molecule has 1 aliphatic rings. The Morgan fingerprint density at radius 2 is 1.89 bits per heavy atom. The molecular weight excluding hydrogens is 470 g/mol. The van der Waals surface area contributed by atoms with Crippen LogP contribution in [0.4, 0.5) is 17.1 Å². The third-order valence-electron chi connectivity index (χ3n) is 5.94. The molecule has 10 heteroatoms. The van der Waals surface area contributed by atoms with Crippen molar-refractivity contribution in [1.82, 2.24) is 0 Å². The van der Waals surface area contributed by atoms with Gasteiger partial charge in [-0.1, -0.05) is 24.3 Å². The predicted octanol–water partition coefficient (Wildman–Crippen LogP) is 4.37. The number of nitro groups is 1. The number of ether oxygens (including phenoxy) is 1. The Labute approximate surface area is 203 Å². The molecule has 1 aliphatic heterocycles. The Balaban J connectivity index is 1.46. The summed E-state index contributed by atoms with van der Waals surface area (Å²) in [5.41, 5.74) is 2.85. The smallest absolute Gasteiger partial charge is 0.274 e. The lowest BCUT2D eigenvalue weighted by atomic mass is 10.0. The lowest BCUT2D eigenvalue weighted by Crippen LogP contribution is -2.35. The largest absolute Gasteiger partial charge is 0.483 e. The first-order valence-corrected chi connectivity index (χ1v) is 12.5. The van der Waals surface area contributed by atoms with Crippen molar-refractivity contribution in [2.45, 2.75) is 31.6 Å². The molecule has 0 bridgehead atoms. The van der Waals surface area contributed by atoms with E-state index in [2.05, 4.69) is 5.32 Å². The maximum absolute atomic E-state index is 13.4. The number of hydrogen-bond donors (Lipinski definition) is 1. The third kappa shape index (κ3) is 4.97. The van der Waals surface area contributed by atoms with E-state index in [4.69, 9.17) is 4.74 Å². The van der Waals surface area contributed by atoms with E-state index in [1.54, 1.807) is 19.9 Å². The van der Waals surface area contributed by atoms with E-state index in [-0.39, 0.29) is 17.2 Å². The quantitative estimate of drug-likeness (QED) is 0.384. The van der Waals surface area contributed by atoms with E-state index in [1.165, 1.54) is 34.6 Å². The van der Waals surface area contributed by atoms with E-state index in [0.717, 1.165) is 18.4 Å². The second kappa shape index (κ2) is 9.75. The van der Waals surface area contributed by atoms with Gasteiger partial charge in [-0.05, 0) is 68.1 Å². The van der Waals surface area contributed by atoms with Gasteiger partial charge in [0.25, 0.3) is 21.6 Å². The average Bonchev–Trinajstić information content (AvgIpc) is 2.84. The van der Waals surface area contributed by atoms with Crippen LogP contribution in [0.2, 0.25) is 0 Å². The van der Waals surface area contributed by atoms with Gasteiger partial charge in [-0.25, -0.2) is 8.42 Å². The highest BCUT2D eigenvalue weighted by atomic mass is 32.2. The number of sulfonamides is 1. The molecule has 0 fully saturated rings. The van der Waals surface area contributed by atoms with Crippen LogP contribution in [-0.2, 0) is 21.2 Å². The summed E-state index contributed by atoms with van der Waals surface area (Å²) in [6.07, 6.45) is 1.58. The fourth-order valence-corrected chi connectivity index (χ4v) is 5.73. The Kier molecular flexibility index (Phi) is 6.74. The molecule has 35 heavy (non-hydrogen) atoms. The van der Waals surface area contributed by atoms with Gasteiger partial charge in [0, 0.05) is 12.6 Å². The molecule has 1 N–H and O–H groups in total. The molecule has 0 aromatic heterocycles. The first-order valence-electron chi connectivity index (χ1n) is 11.1. The Morgan fingerprint density at radius 3 is 2.63 bits per heavy atom. The molecule has 0 aliphatic carbocycles. The van der Waals surface area contributed by atoms with Crippen molar-refractivity contribution in [3.8, 4) is 5.75 Å². The van der Waals surface area contributed by atoms with Gasteiger partial charge in [-0.15, -0.1) is 0 Å². The first kappa shape index (κ1) is 24.2. The number of carbonyl (C=O) groups is 1. The number of amides is 1. The standard InChI is InChI=1S/C25H25N3O6S/c1-17-15-20(35(32,33)27-14-6-8-19-7-3-4-10-23(19)27)12-13-24(17)34-16-25(29)26-21-9-5-11-22(18(21)2)28(30)31/h3-5,7,9-13,15H,6,8,14,16H2,1-2H3,(H,26,29). The van der Waals surface area contributed by atoms with Gasteiger partial charge in [0.1, 0.15) is 5.75 Å². The van der Waals surface area contributed by atoms with Crippen LogP contribution in [0.3, 0.4) is 0 Å². The number of hydrogen-bond acceptors (Lipinski definition) is 6. The molecule has 9 nitrogen and oxygen atoms in total. The molecular formula is C25H25N3O6S. The predicted molar refractivity (Wildman–Crippen MR) is 132 cm³/mol. The number of fused-ring (bicyclic) bond motifs is 1. The van der Waals surface area contributed by atoms with Crippen molar-refractivity contribution in [1.29, 1.82) is 0 Å². The van der Waals surface area contributed by atoms with E-state index >= 15 is 0 Å². The maximum atomic E-state index is 13.4. The molecule has 3 aromatic carbocycles. The van der Waals surface area contributed by atoms with Gasteiger partial charge >= 0.3 is 0 Å². The highest BCUT2D eigenvalue weighted by Crippen LogP contribution is 2.33. The number of nitrogens with zero attached hydrogens (tertiary/aromatic N) is 2. The van der Waals surface area contributed by atoms with E-state index in [0.29, 0.717) is 34.8 Å². The van der Waals surface area contributed by atoms with Crippen LogP contribution in [0, 0.1) is 24.0 Å². The SMILES string of the molecule is Cc1cc(S(=O)(=O)N2CCCc3ccccc32)ccc1OCC(=O)Nc1cccc([N+](=O)[O-])c1C. The van der Waals surface area contributed by atoms with E-state index in [1.807, 2.05) is 24.3 Å². The number of carbonyl (C=O) groups excluding carboxylic acids is 1. The Morgan fingerprint density at radius 1 is 1.11 bits per heavy atom. The molecule has 1 amide bonds.